The summed E-state index contributed by atoms with van der Waals surface area (Å²) in [6.45, 7) is 3.91. The number of ether oxygens (including phenoxy) is 1. The van der Waals surface area contributed by atoms with Crippen molar-refractivity contribution in [3.05, 3.63) is 23.8 Å². The molecule has 0 bridgehead atoms. The highest BCUT2D eigenvalue weighted by Gasteiger charge is 2.47. The molecule has 0 amide bonds. The van der Waals surface area contributed by atoms with E-state index < -0.39 is 11.4 Å². The summed E-state index contributed by atoms with van der Waals surface area (Å²) >= 11 is 0. The number of hydrogen-bond acceptors (Lipinski definition) is 4. The van der Waals surface area contributed by atoms with Crippen LogP contribution in [-0.2, 0) is 4.79 Å². The first-order valence-corrected chi connectivity index (χ1v) is 7.49. The van der Waals surface area contributed by atoms with Crippen LogP contribution >= 0.6 is 0 Å². The Hall–Kier alpha value is -1.75. The fraction of sp³-hybridized carbons (Fsp3) is 0.562. The maximum Gasteiger partial charge on any atom is 0.310 e. The summed E-state index contributed by atoms with van der Waals surface area (Å²) in [7, 11) is 0. The summed E-state index contributed by atoms with van der Waals surface area (Å²) < 4.78 is 5.64. The van der Waals surface area contributed by atoms with Crippen LogP contribution in [0.4, 0.5) is 0 Å². The highest BCUT2D eigenvalue weighted by molar-refractivity contribution is 5.75. The molecule has 0 spiro atoms. The van der Waals surface area contributed by atoms with Gasteiger partial charge in [-0.15, -0.1) is 0 Å². The topological polar surface area (TPSA) is 70.0 Å². The van der Waals surface area contributed by atoms with Gasteiger partial charge >= 0.3 is 5.97 Å². The average molecular weight is 291 g/mol. The van der Waals surface area contributed by atoms with Crippen molar-refractivity contribution in [1.82, 2.24) is 4.90 Å². The van der Waals surface area contributed by atoms with Crippen molar-refractivity contribution < 1.29 is 19.7 Å². The molecule has 0 saturated carbocycles. The Morgan fingerprint density at radius 1 is 1.52 bits per heavy atom. The molecule has 0 radical (unpaired) electrons. The summed E-state index contributed by atoms with van der Waals surface area (Å²) in [5, 5.41) is 19.1. The Kier molecular flexibility index (Phi) is 3.53. The smallest absolute Gasteiger partial charge is 0.310 e. The fourth-order valence-corrected chi connectivity index (χ4v) is 3.62. The molecule has 5 heteroatoms. The van der Waals surface area contributed by atoms with Crippen molar-refractivity contribution in [3.63, 3.8) is 0 Å². The molecule has 114 valence electrons. The molecule has 3 rings (SSSR count). The van der Waals surface area contributed by atoms with Crippen LogP contribution in [-0.4, -0.2) is 40.8 Å². The molecule has 1 saturated heterocycles. The number of nitrogens with zero attached hydrogens (tertiary/aromatic N) is 1. The van der Waals surface area contributed by atoms with Crippen LogP contribution in [0.25, 0.3) is 0 Å². The van der Waals surface area contributed by atoms with Gasteiger partial charge in [0.15, 0.2) is 0 Å². The van der Waals surface area contributed by atoms with Gasteiger partial charge in [-0.05, 0) is 25.0 Å². The summed E-state index contributed by atoms with van der Waals surface area (Å²) in [6, 6.07) is 5.26. The molecule has 1 aromatic carbocycles. The van der Waals surface area contributed by atoms with Gasteiger partial charge in [0.05, 0.1) is 11.5 Å². The van der Waals surface area contributed by atoms with Crippen molar-refractivity contribution >= 4 is 5.97 Å². The van der Waals surface area contributed by atoms with Gasteiger partial charge in [-0.1, -0.05) is 13.3 Å². The van der Waals surface area contributed by atoms with E-state index in [1.807, 2.05) is 13.0 Å². The number of carbonyl (C=O) groups is 1. The zero-order valence-electron chi connectivity index (χ0n) is 12.2. The van der Waals surface area contributed by atoms with Gasteiger partial charge < -0.3 is 14.9 Å². The van der Waals surface area contributed by atoms with E-state index in [2.05, 4.69) is 4.90 Å². The largest absolute Gasteiger partial charge is 0.508 e. The van der Waals surface area contributed by atoms with E-state index in [1.54, 1.807) is 12.1 Å². The Morgan fingerprint density at radius 3 is 3.05 bits per heavy atom. The zero-order chi connectivity index (χ0) is 15.0. The van der Waals surface area contributed by atoms with Gasteiger partial charge in [-0.3, -0.25) is 9.69 Å². The summed E-state index contributed by atoms with van der Waals surface area (Å²) in [5.41, 5.74) is 0.430. The monoisotopic (exact) mass is 291 g/mol. The van der Waals surface area contributed by atoms with Crippen molar-refractivity contribution in [2.75, 3.05) is 19.7 Å². The van der Waals surface area contributed by atoms with Crippen LogP contribution in [0.15, 0.2) is 18.2 Å². The van der Waals surface area contributed by atoms with Crippen LogP contribution in [0.1, 0.15) is 37.8 Å². The van der Waals surface area contributed by atoms with Crippen LogP contribution in [0.2, 0.25) is 0 Å². The van der Waals surface area contributed by atoms with Crippen LogP contribution in [0.3, 0.4) is 0 Å². The van der Waals surface area contributed by atoms with Gasteiger partial charge in [-0.2, -0.15) is 0 Å². The number of carboxylic acids is 1. The lowest BCUT2D eigenvalue weighted by Gasteiger charge is -2.27. The summed E-state index contributed by atoms with van der Waals surface area (Å²) in [5.74, 6) is 0.224. The maximum absolute atomic E-state index is 11.7. The van der Waals surface area contributed by atoms with E-state index in [-0.39, 0.29) is 11.8 Å². The molecule has 2 atom stereocenters. The Labute approximate surface area is 124 Å². The second-order valence-corrected chi connectivity index (χ2v) is 6.10. The Bertz CT molecular complexity index is 559. The van der Waals surface area contributed by atoms with Gasteiger partial charge in [0.25, 0.3) is 0 Å². The second-order valence-electron chi connectivity index (χ2n) is 6.10. The quantitative estimate of drug-likeness (QED) is 0.891. The molecule has 2 aliphatic heterocycles. The molecular formula is C16H21NO4. The van der Waals surface area contributed by atoms with E-state index in [0.717, 1.165) is 24.9 Å². The number of rotatable bonds is 4. The van der Waals surface area contributed by atoms with E-state index in [4.69, 9.17) is 4.74 Å². The lowest BCUT2D eigenvalue weighted by Crippen LogP contribution is -2.36. The lowest BCUT2D eigenvalue weighted by molar-refractivity contribution is -0.148. The van der Waals surface area contributed by atoms with Gasteiger partial charge in [0.2, 0.25) is 0 Å². The third kappa shape index (κ3) is 2.35. The Balaban J connectivity index is 1.80. The zero-order valence-corrected chi connectivity index (χ0v) is 12.2. The molecule has 2 aliphatic rings. The van der Waals surface area contributed by atoms with E-state index in [9.17, 15) is 15.0 Å². The molecular weight excluding hydrogens is 270 g/mol. The summed E-state index contributed by atoms with van der Waals surface area (Å²) in [4.78, 5) is 13.9. The number of carboxylic acid groups (broad SMARTS) is 1. The number of hydrogen-bond donors (Lipinski definition) is 2. The first kappa shape index (κ1) is 14.2. The number of aliphatic carboxylic acids is 1. The van der Waals surface area contributed by atoms with E-state index in [1.165, 1.54) is 0 Å². The van der Waals surface area contributed by atoms with Crippen LogP contribution < -0.4 is 4.74 Å². The molecule has 0 aliphatic carbocycles. The van der Waals surface area contributed by atoms with Crippen molar-refractivity contribution in [3.8, 4) is 11.5 Å². The molecule has 2 heterocycles. The van der Waals surface area contributed by atoms with Crippen molar-refractivity contribution in [2.45, 2.75) is 32.2 Å². The second kappa shape index (κ2) is 5.22. The van der Waals surface area contributed by atoms with Crippen molar-refractivity contribution in [2.24, 2.45) is 5.41 Å². The average Bonchev–Trinajstić information content (AvgIpc) is 3.03. The minimum absolute atomic E-state index is 0.0960. The number of phenolic OH excluding ortho intramolecular Hbond substituents is 1. The highest BCUT2D eigenvalue weighted by Crippen LogP contribution is 2.44. The molecule has 1 aromatic rings. The normalized spacial score (nSPS) is 28.3. The predicted octanol–water partition coefficient (Wildman–Crippen LogP) is 2.40. The van der Waals surface area contributed by atoms with E-state index in [0.29, 0.717) is 25.3 Å². The molecule has 5 nitrogen and oxygen atoms in total. The minimum Gasteiger partial charge on any atom is -0.508 e. The molecule has 21 heavy (non-hydrogen) atoms. The van der Waals surface area contributed by atoms with Gasteiger partial charge in [-0.25, -0.2) is 0 Å². The van der Waals surface area contributed by atoms with Crippen LogP contribution in [0, 0.1) is 5.41 Å². The SMILES string of the molecule is CCCC1(C(=O)O)CCN(C2COc3cc(O)ccc32)C1. The molecule has 0 aromatic heterocycles. The number of fused-ring (bicyclic) bond motifs is 1. The third-order valence-electron chi connectivity index (χ3n) is 4.76. The van der Waals surface area contributed by atoms with Crippen LogP contribution in [0.5, 0.6) is 11.5 Å². The number of benzene rings is 1. The van der Waals surface area contributed by atoms with Gasteiger partial charge in [0.1, 0.15) is 18.1 Å². The standard InChI is InChI=1S/C16H21NO4/c1-2-5-16(15(19)20)6-7-17(10-16)13-9-21-14-8-11(18)3-4-12(13)14/h3-4,8,13,18H,2,5-7,9-10H2,1H3,(H,19,20). The lowest BCUT2D eigenvalue weighted by atomic mass is 9.82. The first-order valence-electron chi connectivity index (χ1n) is 7.49. The molecule has 1 fully saturated rings. The third-order valence-corrected chi connectivity index (χ3v) is 4.76. The first-order chi connectivity index (χ1) is 10.1. The summed E-state index contributed by atoms with van der Waals surface area (Å²) in [6.07, 6.45) is 2.29. The molecule has 2 unspecified atom stereocenters. The fourth-order valence-electron chi connectivity index (χ4n) is 3.62. The highest BCUT2D eigenvalue weighted by atomic mass is 16.5. The Morgan fingerprint density at radius 2 is 2.33 bits per heavy atom. The minimum atomic E-state index is -0.684. The molecule has 2 N–H and O–H groups in total. The number of phenols is 1. The maximum atomic E-state index is 11.7. The van der Waals surface area contributed by atoms with Crippen molar-refractivity contribution in [1.29, 1.82) is 0 Å². The predicted molar refractivity (Wildman–Crippen MR) is 77.5 cm³/mol. The van der Waals surface area contributed by atoms with Gasteiger partial charge in [0, 0.05) is 24.7 Å². The number of likely N-dealkylation sites (tertiary alicyclic amines) is 1. The van der Waals surface area contributed by atoms with E-state index >= 15 is 0 Å². The number of aromatic hydroxyl groups is 1.